The van der Waals surface area contributed by atoms with Gasteiger partial charge in [0.05, 0.1) is 0 Å². The van der Waals surface area contributed by atoms with Crippen LogP contribution in [0.2, 0.25) is 0 Å². The van der Waals surface area contributed by atoms with E-state index in [4.69, 9.17) is 15.1 Å². The van der Waals surface area contributed by atoms with Crippen molar-refractivity contribution in [2.24, 2.45) is 0 Å². The van der Waals surface area contributed by atoms with E-state index in [1.54, 1.807) is 0 Å². The first-order chi connectivity index (χ1) is 1.73. The molecular weight excluding hydrogens is 254 g/mol. The van der Waals surface area contributed by atoms with Crippen LogP contribution < -0.4 is 15.1 Å². The molecule has 0 aromatic heterocycles. The SMILES string of the molecule is [O-]B([O-])[O-].[Pt]. The Kier molecular flexibility index (Phi) is 8.49. The summed E-state index contributed by atoms with van der Waals surface area (Å²) >= 11 is 0. The summed E-state index contributed by atoms with van der Waals surface area (Å²) in [5.74, 6) is 0. The third-order valence-corrected chi connectivity index (χ3v) is 0. The van der Waals surface area contributed by atoms with Crippen LogP contribution in [-0.2, 0) is 21.1 Å². The van der Waals surface area contributed by atoms with Gasteiger partial charge in [-0.05, 0) is 0 Å². The summed E-state index contributed by atoms with van der Waals surface area (Å²) in [4.78, 5) is 0. The third kappa shape index (κ3) is 80.1. The molecule has 0 unspecified atom stereocenters. The maximum atomic E-state index is 8.42. The number of hydrogen-bond donors (Lipinski definition) is 0. The smallest absolute Gasteiger partial charge is 0 e. The molecule has 3 nitrogen and oxygen atoms in total. The number of rotatable bonds is 0. The van der Waals surface area contributed by atoms with Gasteiger partial charge in [-0.2, -0.15) is 0 Å². The van der Waals surface area contributed by atoms with Gasteiger partial charge in [0, 0.05) is 21.1 Å². The second-order valence-corrected chi connectivity index (χ2v) is 0.289. The predicted molar refractivity (Wildman–Crippen MR) is 5.75 cm³/mol. The van der Waals surface area contributed by atoms with E-state index in [1.807, 2.05) is 0 Å². The first-order valence-electron chi connectivity index (χ1n) is 0.707. The van der Waals surface area contributed by atoms with Crippen LogP contribution in [0.5, 0.6) is 0 Å². The Morgan fingerprint density at radius 1 is 1.00 bits per heavy atom. The van der Waals surface area contributed by atoms with Crippen molar-refractivity contribution in [1.82, 2.24) is 0 Å². The molecule has 0 aromatic rings. The maximum absolute atomic E-state index is 8.42. The molecule has 0 saturated heterocycles. The van der Waals surface area contributed by atoms with Crippen LogP contribution in [0.1, 0.15) is 0 Å². The van der Waals surface area contributed by atoms with Gasteiger partial charge < -0.3 is 15.1 Å². The summed E-state index contributed by atoms with van der Waals surface area (Å²) < 4.78 is 0. The van der Waals surface area contributed by atoms with Crippen molar-refractivity contribution >= 4 is 7.32 Å². The van der Waals surface area contributed by atoms with E-state index >= 15 is 0 Å². The zero-order chi connectivity index (χ0) is 3.58. The summed E-state index contributed by atoms with van der Waals surface area (Å²) in [7, 11) is -2.92. The van der Waals surface area contributed by atoms with E-state index in [9.17, 15) is 0 Å². The molecule has 0 aliphatic rings. The van der Waals surface area contributed by atoms with Gasteiger partial charge in [-0.1, -0.05) is 0 Å². The van der Waals surface area contributed by atoms with Crippen molar-refractivity contribution in [2.45, 2.75) is 0 Å². The summed E-state index contributed by atoms with van der Waals surface area (Å²) in [5, 5.41) is 25.2. The second kappa shape index (κ2) is 4.63. The molecule has 0 atom stereocenters. The van der Waals surface area contributed by atoms with E-state index in [2.05, 4.69) is 0 Å². The zero-order valence-corrected chi connectivity index (χ0v) is 4.39. The Bertz CT molecular complexity index is 11.6. The van der Waals surface area contributed by atoms with Crippen LogP contribution in [0.25, 0.3) is 0 Å². The number of hydrogen-bond acceptors (Lipinski definition) is 3. The minimum atomic E-state index is -2.92. The van der Waals surface area contributed by atoms with E-state index < -0.39 is 7.32 Å². The van der Waals surface area contributed by atoms with Gasteiger partial charge in [0.1, 0.15) is 0 Å². The molecule has 0 spiro atoms. The van der Waals surface area contributed by atoms with E-state index in [1.165, 1.54) is 0 Å². The molecule has 5 heavy (non-hydrogen) atoms. The Morgan fingerprint density at radius 3 is 1.00 bits per heavy atom. The van der Waals surface area contributed by atoms with Crippen LogP contribution in [0.4, 0.5) is 0 Å². The van der Waals surface area contributed by atoms with Crippen LogP contribution in [0.3, 0.4) is 0 Å². The molecule has 5 heteroatoms. The molecule has 0 aliphatic heterocycles. The van der Waals surface area contributed by atoms with Crippen LogP contribution >= 0.6 is 0 Å². The van der Waals surface area contributed by atoms with E-state index in [-0.39, 0.29) is 21.1 Å². The molecule has 0 saturated carbocycles. The van der Waals surface area contributed by atoms with Gasteiger partial charge in [0.15, 0.2) is 0 Å². The molecular formula is BO3Pt-3. The van der Waals surface area contributed by atoms with Gasteiger partial charge >= 0.3 is 0 Å². The summed E-state index contributed by atoms with van der Waals surface area (Å²) in [5.41, 5.74) is 0. The molecule has 0 fully saturated rings. The fraction of sp³-hybridized carbons (Fsp3) is 0. The van der Waals surface area contributed by atoms with Crippen molar-refractivity contribution < 1.29 is 36.1 Å². The summed E-state index contributed by atoms with van der Waals surface area (Å²) in [6.07, 6.45) is 0. The fourth-order valence-corrected chi connectivity index (χ4v) is 0. The van der Waals surface area contributed by atoms with E-state index in [0.29, 0.717) is 0 Å². The Labute approximate surface area is 44.1 Å². The van der Waals surface area contributed by atoms with E-state index in [0.717, 1.165) is 0 Å². The Hall–Kier alpha value is 0.633. The van der Waals surface area contributed by atoms with Crippen molar-refractivity contribution in [3.8, 4) is 0 Å². The van der Waals surface area contributed by atoms with Gasteiger partial charge in [-0.25, -0.2) is 0 Å². The normalized spacial score (nSPS) is 5.40. The predicted octanol–water partition coefficient (Wildman–Crippen LogP) is -3.95. The molecule has 0 heterocycles. The molecule has 34 valence electrons. The van der Waals surface area contributed by atoms with Crippen LogP contribution in [0, 0.1) is 0 Å². The quantitative estimate of drug-likeness (QED) is 0.414. The van der Waals surface area contributed by atoms with Crippen molar-refractivity contribution in [1.29, 1.82) is 0 Å². The van der Waals surface area contributed by atoms with Crippen LogP contribution in [0.15, 0.2) is 0 Å². The average Bonchev–Trinajstić information content (AvgIpc) is 0.811. The fourth-order valence-electron chi connectivity index (χ4n) is 0. The van der Waals surface area contributed by atoms with Gasteiger partial charge in [-0.15, -0.1) is 0 Å². The largest absolute Gasteiger partial charge is 0.907 e. The zero-order valence-electron chi connectivity index (χ0n) is 2.12. The monoisotopic (exact) mass is 254 g/mol. The third-order valence-electron chi connectivity index (χ3n) is 0. The minimum absolute atomic E-state index is 0. The van der Waals surface area contributed by atoms with Gasteiger partial charge in [-0.3, -0.25) is 7.32 Å². The van der Waals surface area contributed by atoms with Crippen LogP contribution in [-0.4, -0.2) is 7.32 Å². The van der Waals surface area contributed by atoms with Gasteiger partial charge in [0.25, 0.3) is 0 Å². The molecule has 0 rings (SSSR count). The Morgan fingerprint density at radius 2 is 1.00 bits per heavy atom. The first kappa shape index (κ1) is 9.16. The molecule has 0 aromatic carbocycles. The molecule has 0 N–H and O–H groups in total. The first-order valence-corrected chi connectivity index (χ1v) is 0.707. The standard InChI is InChI=1S/BO3.Pt/c2-1(3)4;/q-3;. The molecule has 0 amide bonds. The molecule has 0 bridgehead atoms. The molecule has 0 radical (unpaired) electrons. The van der Waals surface area contributed by atoms with Crippen molar-refractivity contribution in [3.05, 3.63) is 0 Å². The van der Waals surface area contributed by atoms with Crippen molar-refractivity contribution in [3.63, 3.8) is 0 Å². The Balaban J connectivity index is 0. The minimum Gasteiger partial charge on any atom is -0.907 e. The summed E-state index contributed by atoms with van der Waals surface area (Å²) in [6, 6.07) is 0. The maximum Gasteiger partial charge on any atom is 0 e. The summed E-state index contributed by atoms with van der Waals surface area (Å²) in [6.45, 7) is 0. The second-order valence-electron chi connectivity index (χ2n) is 0.289. The average molecular weight is 254 g/mol. The van der Waals surface area contributed by atoms with Crippen molar-refractivity contribution in [2.75, 3.05) is 0 Å². The molecule has 0 aliphatic carbocycles. The topological polar surface area (TPSA) is 69.2 Å². The van der Waals surface area contributed by atoms with Gasteiger partial charge in [0.2, 0.25) is 0 Å².